The molecule has 0 saturated carbocycles. The minimum Gasteiger partial charge on any atom is -1.00 e. The normalized spacial score (nSPS) is 14.5. The van der Waals surface area contributed by atoms with Crippen molar-refractivity contribution in [1.29, 1.82) is 0 Å². The molecule has 0 aromatic rings. The van der Waals surface area contributed by atoms with Crippen LogP contribution in [-0.2, 0) is 9.59 Å². The molecular weight excluding hydrogens is 582 g/mol. The molecule has 7 heteroatoms. The second-order valence-electron chi connectivity index (χ2n) is 14.3. The van der Waals surface area contributed by atoms with Crippen LogP contribution >= 0.6 is 0 Å². The van der Waals surface area contributed by atoms with Crippen LogP contribution in [0.3, 0.4) is 0 Å². The zero-order valence-corrected chi connectivity index (χ0v) is 30.8. The van der Waals surface area contributed by atoms with Gasteiger partial charge in [-0.15, -0.1) is 0 Å². The highest BCUT2D eigenvalue weighted by atomic mass is 35.5. The Kier molecular flexibility index (Phi) is 31.1. The number of nitrogens with zero attached hydrogens (tertiary/aromatic N) is 2. The summed E-state index contributed by atoms with van der Waals surface area (Å²) in [7, 11) is 2.29. The predicted molar refractivity (Wildman–Crippen MR) is 188 cm³/mol. The lowest BCUT2D eigenvalue weighted by Crippen LogP contribution is -3.00. The molecular formula is C38H76ClN3O3. The maximum Gasteiger partial charge on any atom is 0.226 e. The maximum atomic E-state index is 12.3. The van der Waals surface area contributed by atoms with Crippen LogP contribution in [0.4, 0.5) is 0 Å². The van der Waals surface area contributed by atoms with Crippen molar-refractivity contribution in [2.45, 2.75) is 187 Å². The van der Waals surface area contributed by atoms with E-state index in [0.717, 1.165) is 88.7 Å². The number of hydrogen-bond acceptors (Lipinski definition) is 3. The summed E-state index contributed by atoms with van der Waals surface area (Å²) in [4.78, 5) is 26.6. The molecule has 2 N–H and O–H groups in total. The van der Waals surface area contributed by atoms with Gasteiger partial charge in [0.05, 0.1) is 20.1 Å². The van der Waals surface area contributed by atoms with Gasteiger partial charge in [-0.2, -0.15) is 0 Å². The van der Waals surface area contributed by atoms with Gasteiger partial charge in [-0.05, 0) is 44.9 Å². The quantitative estimate of drug-likeness (QED) is 0.0644. The number of hydrogen-bond donors (Lipinski definition) is 2. The first-order chi connectivity index (χ1) is 21.5. The SMILES string of the molecule is CCCCCCCCCCCCCCCCCCCCCC(=O)NCCCC[N+](C)(CCCCCCO)CN1CCCC1=O.[Cl-]. The van der Waals surface area contributed by atoms with E-state index in [2.05, 4.69) is 24.2 Å². The number of aliphatic hydroxyl groups is 1. The number of rotatable bonds is 33. The van der Waals surface area contributed by atoms with Crippen molar-refractivity contribution in [3.05, 3.63) is 0 Å². The van der Waals surface area contributed by atoms with Crippen molar-refractivity contribution in [2.24, 2.45) is 0 Å². The molecule has 1 aliphatic heterocycles. The Morgan fingerprint density at radius 3 is 1.60 bits per heavy atom. The molecule has 1 rings (SSSR count). The molecule has 1 fully saturated rings. The summed E-state index contributed by atoms with van der Waals surface area (Å²) in [5.74, 6) is 0.512. The molecule has 6 nitrogen and oxygen atoms in total. The molecule has 0 aromatic carbocycles. The van der Waals surface area contributed by atoms with Crippen molar-refractivity contribution in [3.8, 4) is 0 Å². The number of nitrogens with one attached hydrogen (secondary N) is 1. The number of carbonyl (C=O) groups is 2. The van der Waals surface area contributed by atoms with E-state index in [9.17, 15) is 9.59 Å². The average molecular weight is 658 g/mol. The highest BCUT2D eigenvalue weighted by Crippen LogP contribution is 2.18. The highest BCUT2D eigenvalue weighted by Gasteiger charge is 2.29. The molecule has 0 radical (unpaired) electrons. The maximum absolute atomic E-state index is 12.3. The molecule has 1 unspecified atom stereocenters. The lowest BCUT2D eigenvalue weighted by atomic mass is 10.0. The molecule has 0 bridgehead atoms. The molecule has 0 aromatic heterocycles. The lowest BCUT2D eigenvalue weighted by molar-refractivity contribution is -0.918. The minimum atomic E-state index is 0. The van der Waals surface area contributed by atoms with Crippen molar-refractivity contribution in [2.75, 3.05) is 46.5 Å². The summed E-state index contributed by atoms with van der Waals surface area (Å²) in [6, 6.07) is 0. The van der Waals surface area contributed by atoms with E-state index in [0.29, 0.717) is 18.7 Å². The Morgan fingerprint density at radius 1 is 0.689 bits per heavy atom. The zero-order chi connectivity index (χ0) is 32.0. The summed E-state index contributed by atoms with van der Waals surface area (Å²) in [6.07, 6.45) is 34.7. The van der Waals surface area contributed by atoms with E-state index in [1.807, 2.05) is 0 Å². The summed E-state index contributed by atoms with van der Waals surface area (Å²) in [5, 5.41) is 12.2. The van der Waals surface area contributed by atoms with Gasteiger partial charge in [0, 0.05) is 32.5 Å². The van der Waals surface area contributed by atoms with Gasteiger partial charge >= 0.3 is 0 Å². The van der Waals surface area contributed by atoms with E-state index in [1.165, 1.54) is 116 Å². The van der Waals surface area contributed by atoms with Gasteiger partial charge in [-0.3, -0.25) is 14.5 Å². The molecule has 1 aliphatic rings. The third-order valence-electron chi connectivity index (χ3n) is 9.74. The summed E-state index contributed by atoms with van der Waals surface area (Å²) < 4.78 is 0.901. The Morgan fingerprint density at radius 2 is 1.13 bits per heavy atom. The second kappa shape index (κ2) is 31.7. The van der Waals surface area contributed by atoms with E-state index < -0.39 is 0 Å². The topological polar surface area (TPSA) is 69.6 Å². The van der Waals surface area contributed by atoms with Gasteiger partial charge in [0.1, 0.15) is 0 Å². The predicted octanol–water partition coefficient (Wildman–Crippen LogP) is 6.29. The van der Waals surface area contributed by atoms with E-state index in [4.69, 9.17) is 5.11 Å². The van der Waals surface area contributed by atoms with E-state index in [-0.39, 0.29) is 24.9 Å². The van der Waals surface area contributed by atoms with Gasteiger partial charge in [0.2, 0.25) is 11.8 Å². The van der Waals surface area contributed by atoms with Crippen LogP contribution < -0.4 is 17.7 Å². The lowest BCUT2D eigenvalue weighted by Gasteiger charge is -2.38. The standard InChI is InChI=1S/C38H75N3O3.ClH/c1-3-4-5-6-7-8-9-10-11-12-13-14-15-16-17-18-19-20-23-29-37(43)39-31-24-26-34-41(2,33-25-21-22-27-35-42)36-40-32-28-30-38(40)44;/h42H,3-36H2,1-2H3;1H. The average Bonchev–Trinajstić information content (AvgIpc) is 3.41. The van der Waals surface area contributed by atoms with Crippen molar-refractivity contribution in [3.63, 3.8) is 0 Å². The van der Waals surface area contributed by atoms with E-state index >= 15 is 0 Å². The molecule has 1 saturated heterocycles. The fraction of sp³-hybridized carbons (Fsp3) is 0.947. The number of unbranched alkanes of at least 4 members (excludes halogenated alkanes) is 22. The Hall–Kier alpha value is -0.850. The molecule has 0 spiro atoms. The third kappa shape index (κ3) is 26.9. The summed E-state index contributed by atoms with van der Waals surface area (Å²) in [5.41, 5.74) is 0. The van der Waals surface area contributed by atoms with Crippen LogP contribution in [0.5, 0.6) is 0 Å². The van der Waals surface area contributed by atoms with Crippen molar-refractivity contribution in [1.82, 2.24) is 10.2 Å². The Labute approximate surface area is 286 Å². The highest BCUT2D eigenvalue weighted by molar-refractivity contribution is 5.77. The fourth-order valence-corrected chi connectivity index (χ4v) is 6.78. The van der Waals surface area contributed by atoms with E-state index in [1.54, 1.807) is 0 Å². The molecule has 1 atom stereocenters. The van der Waals surface area contributed by atoms with Crippen molar-refractivity contribution >= 4 is 11.8 Å². The molecule has 45 heavy (non-hydrogen) atoms. The summed E-state index contributed by atoms with van der Waals surface area (Å²) in [6.45, 7) is 7.15. The van der Waals surface area contributed by atoms with Crippen LogP contribution in [0.1, 0.15) is 187 Å². The molecule has 1 heterocycles. The minimum absolute atomic E-state index is 0. The fourth-order valence-electron chi connectivity index (χ4n) is 6.78. The van der Waals surface area contributed by atoms with Gasteiger partial charge in [0.15, 0.2) is 6.67 Å². The Bertz CT molecular complexity index is 681. The first kappa shape index (κ1) is 44.1. The number of likely N-dealkylation sites (tertiary alicyclic amines) is 1. The molecule has 0 aliphatic carbocycles. The van der Waals surface area contributed by atoms with Gasteiger partial charge in [0.25, 0.3) is 0 Å². The van der Waals surface area contributed by atoms with Gasteiger partial charge < -0.3 is 27.3 Å². The first-order valence-electron chi connectivity index (χ1n) is 19.5. The number of halogens is 1. The third-order valence-corrected chi connectivity index (χ3v) is 9.74. The van der Waals surface area contributed by atoms with Gasteiger partial charge in [-0.25, -0.2) is 0 Å². The van der Waals surface area contributed by atoms with Crippen LogP contribution in [0.15, 0.2) is 0 Å². The number of aliphatic hydroxyl groups excluding tert-OH is 1. The zero-order valence-electron chi connectivity index (χ0n) is 30.1. The first-order valence-corrected chi connectivity index (χ1v) is 19.5. The summed E-state index contributed by atoms with van der Waals surface area (Å²) >= 11 is 0. The largest absolute Gasteiger partial charge is 1.00 e. The van der Waals surface area contributed by atoms with Gasteiger partial charge in [-0.1, -0.05) is 129 Å². The molecule has 268 valence electrons. The van der Waals surface area contributed by atoms with Crippen LogP contribution in [0.25, 0.3) is 0 Å². The van der Waals surface area contributed by atoms with Crippen LogP contribution in [-0.4, -0.2) is 72.8 Å². The number of quaternary nitrogens is 1. The van der Waals surface area contributed by atoms with Crippen LogP contribution in [0, 0.1) is 0 Å². The Balaban J connectivity index is 0.0000194. The smallest absolute Gasteiger partial charge is 0.226 e. The number of carbonyl (C=O) groups excluding carboxylic acids is 2. The monoisotopic (exact) mass is 658 g/mol. The molecule has 2 amide bonds. The number of amides is 2. The van der Waals surface area contributed by atoms with Crippen LogP contribution in [0.2, 0.25) is 0 Å². The van der Waals surface area contributed by atoms with Crippen molar-refractivity contribution < 1.29 is 31.6 Å². The second-order valence-corrected chi connectivity index (χ2v) is 14.3.